The van der Waals surface area contributed by atoms with E-state index in [4.69, 9.17) is 0 Å². The van der Waals surface area contributed by atoms with Gasteiger partial charge in [0.1, 0.15) is 0 Å². The molecule has 1 aliphatic carbocycles. The molecule has 0 radical (unpaired) electrons. The van der Waals surface area contributed by atoms with Gasteiger partial charge in [-0.2, -0.15) is 4.31 Å². The lowest BCUT2D eigenvalue weighted by molar-refractivity contribution is -0.137. The zero-order chi connectivity index (χ0) is 17.9. The molecule has 0 spiro atoms. The van der Waals surface area contributed by atoms with E-state index >= 15 is 0 Å². The molecular weight excluding hydrogens is 336 g/mol. The molecule has 1 amide bonds. The molecule has 1 aromatic rings. The van der Waals surface area contributed by atoms with Crippen molar-refractivity contribution in [2.75, 3.05) is 26.2 Å². The topological polar surface area (TPSA) is 57.7 Å². The quantitative estimate of drug-likeness (QED) is 0.825. The van der Waals surface area contributed by atoms with E-state index in [0.717, 1.165) is 36.8 Å². The lowest BCUT2D eigenvalue weighted by atomic mass is 9.88. The van der Waals surface area contributed by atoms with Crippen LogP contribution >= 0.6 is 0 Å². The van der Waals surface area contributed by atoms with Crippen LogP contribution in [0, 0.1) is 12.8 Å². The van der Waals surface area contributed by atoms with Gasteiger partial charge in [-0.3, -0.25) is 4.79 Å². The molecule has 0 bridgehead atoms. The molecule has 0 N–H and O–H groups in total. The van der Waals surface area contributed by atoms with Crippen molar-refractivity contribution in [3.05, 3.63) is 35.4 Å². The molecule has 138 valence electrons. The van der Waals surface area contributed by atoms with E-state index in [1.54, 1.807) is 4.31 Å². The highest BCUT2D eigenvalue weighted by molar-refractivity contribution is 7.88. The number of amides is 1. The lowest BCUT2D eigenvalue weighted by Gasteiger charge is -2.36. The lowest BCUT2D eigenvalue weighted by Crippen LogP contribution is -2.52. The third-order valence-corrected chi connectivity index (χ3v) is 7.33. The number of piperazine rings is 1. The Morgan fingerprint density at radius 2 is 1.68 bits per heavy atom. The Labute approximate surface area is 151 Å². The van der Waals surface area contributed by atoms with Crippen molar-refractivity contribution >= 4 is 15.9 Å². The second-order valence-electron chi connectivity index (χ2n) is 7.24. The molecule has 25 heavy (non-hydrogen) atoms. The third kappa shape index (κ3) is 4.42. The molecule has 0 unspecified atom stereocenters. The summed E-state index contributed by atoms with van der Waals surface area (Å²) in [5.74, 6) is 0.426. The number of sulfonamides is 1. The monoisotopic (exact) mass is 364 g/mol. The Balaban J connectivity index is 1.57. The van der Waals surface area contributed by atoms with Crippen LogP contribution in [-0.2, 0) is 20.6 Å². The second kappa shape index (κ2) is 7.87. The smallest absolute Gasteiger partial charge is 0.225 e. The van der Waals surface area contributed by atoms with Gasteiger partial charge in [0, 0.05) is 32.1 Å². The van der Waals surface area contributed by atoms with Crippen molar-refractivity contribution in [2.45, 2.75) is 44.8 Å². The van der Waals surface area contributed by atoms with E-state index in [2.05, 4.69) is 0 Å². The van der Waals surface area contributed by atoms with Crippen LogP contribution in [0.2, 0.25) is 0 Å². The fourth-order valence-electron chi connectivity index (χ4n) is 3.85. The van der Waals surface area contributed by atoms with Gasteiger partial charge in [0.2, 0.25) is 15.9 Å². The van der Waals surface area contributed by atoms with Crippen LogP contribution in [0.25, 0.3) is 0 Å². The normalized spacial score (nSPS) is 20.6. The van der Waals surface area contributed by atoms with E-state index in [1.807, 2.05) is 36.1 Å². The van der Waals surface area contributed by atoms with Crippen LogP contribution in [0.4, 0.5) is 0 Å². The first kappa shape index (κ1) is 18.4. The second-order valence-corrected chi connectivity index (χ2v) is 9.21. The largest absolute Gasteiger partial charge is 0.340 e. The van der Waals surface area contributed by atoms with Gasteiger partial charge in [-0.15, -0.1) is 0 Å². The Morgan fingerprint density at radius 3 is 2.32 bits per heavy atom. The van der Waals surface area contributed by atoms with E-state index in [9.17, 15) is 13.2 Å². The van der Waals surface area contributed by atoms with Crippen LogP contribution in [0.15, 0.2) is 24.3 Å². The molecule has 1 aliphatic heterocycles. The van der Waals surface area contributed by atoms with Crippen molar-refractivity contribution in [3.8, 4) is 0 Å². The van der Waals surface area contributed by atoms with Gasteiger partial charge in [-0.25, -0.2) is 8.42 Å². The van der Waals surface area contributed by atoms with Gasteiger partial charge in [-0.1, -0.05) is 43.5 Å². The molecule has 1 aromatic carbocycles. The highest BCUT2D eigenvalue weighted by Crippen LogP contribution is 2.26. The van der Waals surface area contributed by atoms with Crippen molar-refractivity contribution in [3.63, 3.8) is 0 Å². The van der Waals surface area contributed by atoms with Gasteiger partial charge >= 0.3 is 0 Å². The van der Waals surface area contributed by atoms with Crippen molar-refractivity contribution in [1.29, 1.82) is 0 Å². The van der Waals surface area contributed by atoms with E-state index in [0.29, 0.717) is 26.2 Å². The summed E-state index contributed by atoms with van der Waals surface area (Å²) < 4.78 is 27.0. The summed E-state index contributed by atoms with van der Waals surface area (Å²) in [5.41, 5.74) is 1.85. The highest BCUT2D eigenvalue weighted by Gasteiger charge is 2.32. The minimum atomic E-state index is -3.34. The zero-order valence-electron chi connectivity index (χ0n) is 15.0. The van der Waals surface area contributed by atoms with Crippen LogP contribution in [0.3, 0.4) is 0 Å². The molecule has 2 aliphatic rings. The van der Waals surface area contributed by atoms with E-state index in [1.165, 1.54) is 6.42 Å². The number of aryl methyl sites for hydroxylation is 1. The molecule has 1 saturated carbocycles. The Hall–Kier alpha value is -1.40. The minimum Gasteiger partial charge on any atom is -0.340 e. The van der Waals surface area contributed by atoms with Crippen LogP contribution in [0.5, 0.6) is 0 Å². The first-order valence-electron chi connectivity index (χ1n) is 9.28. The first-order chi connectivity index (χ1) is 12.0. The third-order valence-electron chi connectivity index (χ3n) is 5.50. The molecule has 6 heteroatoms. The molecule has 0 atom stereocenters. The number of carbonyl (C=O) groups is 1. The molecule has 5 nitrogen and oxygen atoms in total. The van der Waals surface area contributed by atoms with Gasteiger partial charge in [0.05, 0.1) is 5.75 Å². The number of carbonyl (C=O) groups excluding carboxylic acids is 1. The Kier molecular flexibility index (Phi) is 5.79. The van der Waals surface area contributed by atoms with E-state index < -0.39 is 10.0 Å². The summed E-state index contributed by atoms with van der Waals surface area (Å²) in [5, 5.41) is 0. The van der Waals surface area contributed by atoms with Gasteiger partial charge in [0.25, 0.3) is 0 Å². The van der Waals surface area contributed by atoms with Crippen molar-refractivity contribution in [2.24, 2.45) is 5.92 Å². The van der Waals surface area contributed by atoms with Crippen LogP contribution in [0.1, 0.15) is 43.2 Å². The van der Waals surface area contributed by atoms with Gasteiger partial charge in [0.15, 0.2) is 0 Å². The average molecular weight is 365 g/mol. The summed E-state index contributed by atoms with van der Waals surface area (Å²) in [6, 6.07) is 7.60. The summed E-state index contributed by atoms with van der Waals surface area (Å²) in [7, 11) is -3.34. The van der Waals surface area contributed by atoms with Gasteiger partial charge < -0.3 is 4.90 Å². The van der Waals surface area contributed by atoms with Crippen LogP contribution in [-0.4, -0.2) is 49.7 Å². The fraction of sp³-hybridized carbons (Fsp3) is 0.632. The Bertz CT molecular complexity index is 703. The average Bonchev–Trinajstić information content (AvgIpc) is 2.64. The molecule has 1 heterocycles. The fourth-order valence-corrected chi connectivity index (χ4v) is 5.47. The summed E-state index contributed by atoms with van der Waals surface area (Å²) in [4.78, 5) is 14.5. The van der Waals surface area contributed by atoms with E-state index in [-0.39, 0.29) is 17.6 Å². The zero-order valence-corrected chi connectivity index (χ0v) is 15.8. The number of benzene rings is 1. The number of nitrogens with zero attached hydrogens (tertiary/aromatic N) is 2. The standard InChI is InChI=1S/C19H28N2O3S/c1-16-7-5-6-10-18(16)15-25(23,24)21-13-11-20(12-14-21)19(22)17-8-3-2-4-9-17/h5-7,10,17H,2-4,8-9,11-15H2,1H3. The first-order valence-corrected chi connectivity index (χ1v) is 10.9. The Morgan fingerprint density at radius 1 is 1.04 bits per heavy atom. The maximum Gasteiger partial charge on any atom is 0.225 e. The predicted molar refractivity (Wildman–Crippen MR) is 98.5 cm³/mol. The maximum atomic E-state index is 12.7. The summed E-state index contributed by atoms with van der Waals surface area (Å²) >= 11 is 0. The van der Waals surface area contributed by atoms with Gasteiger partial charge in [-0.05, 0) is 30.9 Å². The molecule has 3 rings (SSSR count). The number of rotatable bonds is 4. The van der Waals surface area contributed by atoms with Crippen LogP contribution < -0.4 is 0 Å². The SMILES string of the molecule is Cc1ccccc1CS(=O)(=O)N1CCN(C(=O)C2CCCCC2)CC1. The minimum absolute atomic E-state index is 0.0379. The molecule has 0 aromatic heterocycles. The van der Waals surface area contributed by atoms with Crippen molar-refractivity contribution < 1.29 is 13.2 Å². The summed E-state index contributed by atoms with van der Waals surface area (Å²) in [6.07, 6.45) is 5.49. The predicted octanol–water partition coefficient (Wildman–Crippen LogP) is 2.55. The summed E-state index contributed by atoms with van der Waals surface area (Å²) in [6.45, 7) is 3.79. The molecule has 2 fully saturated rings. The molecule has 1 saturated heterocycles. The number of hydrogen-bond donors (Lipinski definition) is 0. The number of hydrogen-bond acceptors (Lipinski definition) is 3. The maximum absolute atomic E-state index is 12.7. The highest BCUT2D eigenvalue weighted by atomic mass is 32.2. The van der Waals surface area contributed by atoms with Crippen molar-refractivity contribution in [1.82, 2.24) is 9.21 Å². The molecular formula is C19H28N2O3S.